The molecule has 0 aliphatic heterocycles. The average molecular weight is 866 g/mol. The van der Waals surface area contributed by atoms with Crippen molar-refractivity contribution in [2.45, 2.75) is 17.9 Å². The predicted molar refractivity (Wildman–Crippen MR) is 212 cm³/mol. The second kappa shape index (κ2) is 22.5. The predicted octanol–water partition coefficient (Wildman–Crippen LogP) is 5.17. The van der Waals surface area contributed by atoms with Gasteiger partial charge in [-0.3, -0.25) is 0 Å². The Balaban J connectivity index is 0.000000238. The Bertz CT molecular complexity index is 1900. The van der Waals surface area contributed by atoms with Crippen LogP contribution in [0, 0.1) is 0 Å². The first-order chi connectivity index (χ1) is 25.3. The van der Waals surface area contributed by atoms with Crippen molar-refractivity contribution >= 4 is 86.3 Å². The van der Waals surface area contributed by atoms with Gasteiger partial charge in [0.2, 0.25) is 0 Å². The number of rotatable bonds is 16. The van der Waals surface area contributed by atoms with Crippen LogP contribution in [0.4, 0.5) is 5.69 Å². The van der Waals surface area contributed by atoms with Gasteiger partial charge in [-0.25, -0.2) is 0 Å². The van der Waals surface area contributed by atoms with Crippen LogP contribution >= 0.6 is 20.4 Å². The Hall–Kier alpha value is -4.48. The number of ether oxygens (including phenoxy) is 1. The van der Waals surface area contributed by atoms with E-state index in [2.05, 4.69) is 28.1 Å². The standard InChI is InChI=1S/C20H22N2O5SSe.C19H15NOSSe/c1-27-16-9-5-8-15(20(26)22-12-14-6-3-2-4-7-14)19(16)29-28-11-10-17(23)21-13-18(24)25;21-19(20-15-9-3-1-4-10-15)17-13-7-8-14-18(17)23-22-16-11-5-2-6-12-16/h2-9H,10-13H2,1H3,(H,21,23)(H,22,26)(H,24,25);1-14H,(H,20,21). The number of benzene rings is 5. The summed E-state index contributed by atoms with van der Waals surface area (Å²) < 4.78 is 7.34. The van der Waals surface area contributed by atoms with E-state index in [4.69, 9.17) is 9.84 Å². The molecule has 0 saturated heterocycles. The Morgan fingerprint density at radius 2 is 1.33 bits per heavy atom. The maximum atomic E-state index is 12.7. The van der Waals surface area contributed by atoms with Crippen LogP contribution in [0.2, 0.25) is 0 Å². The molecule has 5 rings (SSSR count). The Kier molecular flexibility index (Phi) is 17.4. The quantitative estimate of drug-likeness (QED) is 0.0790. The number of carbonyl (C=O) groups is 4. The van der Waals surface area contributed by atoms with Crippen molar-refractivity contribution in [2.75, 3.05) is 24.7 Å². The first-order valence-corrected chi connectivity index (χ1v) is 23.5. The number of aliphatic carboxylic acids is 1. The van der Waals surface area contributed by atoms with E-state index in [1.54, 1.807) is 29.4 Å². The first kappa shape index (κ1) is 40.3. The van der Waals surface area contributed by atoms with Crippen LogP contribution in [0.15, 0.2) is 138 Å². The van der Waals surface area contributed by atoms with Crippen LogP contribution in [-0.2, 0) is 16.1 Å². The summed E-state index contributed by atoms with van der Waals surface area (Å²) in [4.78, 5) is 48.5. The van der Waals surface area contributed by atoms with Gasteiger partial charge in [-0.2, -0.15) is 0 Å². The van der Waals surface area contributed by atoms with Gasteiger partial charge >= 0.3 is 324 Å². The molecule has 9 nitrogen and oxygen atoms in total. The second-order valence-corrected chi connectivity index (χ2v) is 18.7. The molecule has 0 fully saturated rings. The zero-order valence-corrected chi connectivity index (χ0v) is 33.2. The number of anilines is 1. The normalized spacial score (nSPS) is 10.2. The molecule has 0 bridgehead atoms. The van der Waals surface area contributed by atoms with Crippen molar-refractivity contribution < 1.29 is 29.0 Å². The van der Waals surface area contributed by atoms with E-state index in [1.807, 2.05) is 109 Å². The molecule has 0 aliphatic rings. The Morgan fingerprint density at radius 3 is 2.02 bits per heavy atom. The molecule has 0 spiro atoms. The van der Waals surface area contributed by atoms with Crippen molar-refractivity contribution in [1.82, 2.24) is 10.6 Å². The third-order valence-corrected chi connectivity index (χ3v) is 15.6. The number of hydrogen-bond donors (Lipinski definition) is 4. The van der Waals surface area contributed by atoms with E-state index in [9.17, 15) is 19.2 Å². The van der Waals surface area contributed by atoms with E-state index < -0.39 is 5.97 Å². The van der Waals surface area contributed by atoms with E-state index in [0.29, 0.717) is 23.6 Å². The molecule has 3 amide bonds. The molecule has 0 radical (unpaired) electrons. The van der Waals surface area contributed by atoms with Crippen molar-refractivity contribution in [3.05, 3.63) is 150 Å². The molecule has 52 heavy (non-hydrogen) atoms. The van der Waals surface area contributed by atoms with Gasteiger partial charge in [-0.05, 0) is 0 Å². The van der Waals surface area contributed by atoms with Crippen LogP contribution in [-0.4, -0.2) is 75.9 Å². The molecule has 0 saturated carbocycles. The fourth-order valence-electron chi connectivity index (χ4n) is 4.33. The van der Waals surface area contributed by atoms with Crippen molar-refractivity contribution in [3.63, 3.8) is 0 Å². The topological polar surface area (TPSA) is 134 Å². The molecule has 268 valence electrons. The third kappa shape index (κ3) is 13.9. The van der Waals surface area contributed by atoms with Crippen molar-refractivity contribution in [3.8, 4) is 5.75 Å². The number of hydrogen-bond acceptors (Lipinski definition) is 7. The van der Waals surface area contributed by atoms with E-state index in [1.165, 1.54) is 15.1 Å². The van der Waals surface area contributed by atoms with Crippen LogP contribution < -0.4 is 29.6 Å². The molecule has 5 aromatic rings. The van der Waals surface area contributed by atoms with Gasteiger partial charge in [0.25, 0.3) is 0 Å². The number of nitrogens with one attached hydrogen (secondary N) is 3. The molecule has 0 atom stereocenters. The van der Waals surface area contributed by atoms with Gasteiger partial charge in [0, 0.05) is 0 Å². The molecule has 0 aliphatic carbocycles. The minimum absolute atomic E-state index is 0.0534. The van der Waals surface area contributed by atoms with Crippen LogP contribution in [0.25, 0.3) is 0 Å². The van der Waals surface area contributed by atoms with Gasteiger partial charge in [0.1, 0.15) is 0 Å². The van der Waals surface area contributed by atoms with Gasteiger partial charge in [0.15, 0.2) is 0 Å². The number of carbonyl (C=O) groups excluding carboxylic acids is 3. The summed E-state index contributed by atoms with van der Waals surface area (Å²) >= 11 is -0.00885. The molecule has 0 aromatic heterocycles. The van der Waals surface area contributed by atoms with Crippen LogP contribution in [0.3, 0.4) is 0 Å². The van der Waals surface area contributed by atoms with Crippen LogP contribution in [0.1, 0.15) is 32.7 Å². The SMILES string of the molecule is COc1cccc(C(=O)NCc2ccccc2)c1[Se]SCCC(=O)NCC(=O)O.O=C(Nc1ccccc1)c1ccccc1[Se]Sc1ccccc1. The van der Waals surface area contributed by atoms with Gasteiger partial charge in [0.05, 0.1) is 0 Å². The van der Waals surface area contributed by atoms with Crippen molar-refractivity contribution in [1.29, 1.82) is 0 Å². The first-order valence-electron chi connectivity index (χ1n) is 16.0. The Morgan fingerprint density at radius 1 is 0.692 bits per heavy atom. The number of carboxylic acids is 1. The van der Waals surface area contributed by atoms with E-state index in [-0.39, 0.29) is 58.4 Å². The molecule has 13 heteroatoms. The molecule has 4 N–H and O–H groups in total. The summed E-state index contributed by atoms with van der Waals surface area (Å²) in [6.45, 7) is 0.0487. The third-order valence-electron chi connectivity index (χ3n) is 6.87. The number of carboxylic acid groups (broad SMARTS) is 1. The monoisotopic (exact) mass is 867 g/mol. The van der Waals surface area contributed by atoms with E-state index in [0.717, 1.165) is 25.7 Å². The molecular formula is C39H37N3O6S2Se2. The van der Waals surface area contributed by atoms with Crippen molar-refractivity contribution in [2.24, 2.45) is 0 Å². The average Bonchev–Trinajstić information content (AvgIpc) is 3.18. The Labute approximate surface area is 322 Å². The summed E-state index contributed by atoms with van der Waals surface area (Å²) in [5.41, 5.74) is 3.14. The molecule has 5 aromatic carbocycles. The summed E-state index contributed by atoms with van der Waals surface area (Å²) in [5, 5.41) is 16.8. The molecule has 0 heterocycles. The zero-order chi connectivity index (χ0) is 37.0. The second-order valence-electron chi connectivity index (χ2n) is 10.6. The fourth-order valence-corrected chi connectivity index (χ4v) is 12.4. The number of amides is 3. The van der Waals surface area contributed by atoms with Gasteiger partial charge in [-0.15, -0.1) is 0 Å². The summed E-state index contributed by atoms with van der Waals surface area (Å²) in [5.74, 6) is -0.451. The summed E-state index contributed by atoms with van der Waals surface area (Å²) in [7, 11) is 4.89. The van der Waals surface area contributed by atoms with Gasteiger partial charge < -0.3 is 0 Å². The maximum absolute atomic E-state index is 12.7. The number of para-hydroxylation sites is 1. The van der Waals surface area contributed by atoms with Gasteiger partial charge in [-0.1, -0.05) is 0 Å². The summed E-state index contributed by atoms with van der Waals surface area (Å²) in [6.07, 6.45) is 0.213. The number of methoxy groups -OCH3 is 1. The fraction of sp³-hybridized carbons (Fsp3) is 0.128. The molecule has 0 unspecified atom stereocenters. The molecular weight excluding hydrogens is 828 g/mol. The summed E-state index contributed by atoms with van der Waals surface area (Å²) in [6, 6.07) is 42.7. The van der Waals surface area contributed by atoms with E-state index >= 15 is 0 Å². The van der Waals surface area contributed by atoms with Crippen LogP contribution in [0.5, 0.6) is 5.75 Å². The minimum atomic E-state index is -1.07. The zero-order valence-electron chi connectivity index (χ0n) is 28.2.